The number of aliphatic carboxylic acids is 1. The van der Waals surface area contributed by atoms with E-state index in [0.29, 0.717) is 22.1 Å². The molecule has 0 spiro atoms. The molecule has 0 radical (unpaired) electrons. The maximum atomic E-state index is 11.4. The van der Waals surface area contributed by atoms with Crippen molar-refractivity contribution in [2.24, 2.45) is 0 Å². The highest BCUT2D eigenvalue weighted by Gasteiger charge is 2.52. The molecule has 18 heavy (non-hydrogen) atoms. The second-order valence-electron chi connectivity index (χ2n) is 4.47. The van der Waals surface area contributed by atoms with Gasteiger partial charge in [-0.2, -0.15) is 0 Å². The monoisotopic (exact) mass is 268 g/mol. The van der Waals surface area contributed by atoms with Crippen molar-refractivity contribution in [3.8, 4) is 11.5 Å². The zero-order valence-corrected chi connectivity index (χ0v) is 9.99. The number of rotatable bonds is 2. The lowest BCUT2D eigenvalue weighted by Gasteiger charge is -2.36. The van der Waals surface area contributed by atoms with Crippen LogP contribution in [0.2, 0.25) is 5.02 Å². The zero-order valence-electron chi connectivity index (χ0n) is 9.23. The van der Waals surface area contributed by atoms with Crippen LogP contribution in [0.3, 0.4) is 0 Å². The lowest BCUT2D eigenvalue weighted by molar-refractivity contribution is -0.153. The Labute approximate surface area is 107 Å². The van der Waals surface area contributed by atoms with Crippen molar-refractivity contribution >= 4 is 23.4 Å². The molecule has 5 nitrogen and oxygen atoms in total. The molecule has 1 heterocycles. The summed E-state index contributed by atoms with van der Waals surface area (Å²) in [5.74, 6) is -0.229. The van der Waals surface area contributed by atoms with Crippen LogP contribution in [0, 0.1) is 0 Å². The second kappa shape index (κ2) is 3.62. The first-order valence-electron chi connectivity index (χ1n) is 5.38. The Morgan fingerprint density at radius 1 is 1.33 bits per heavy atom. The van der Waals surface area contributed by atoms with Gasteiger partial charge in [-0.15, -0.1) is 0 Å². The molecule has 2 aliphatic rings. The standard InChI is InChI=1S/C12H9ClO5/c13-8-1-6(2-9-10(8)18-5-17-9)12(11(15)16)3-7(14)4-12/h1-2H,3-5H2,(H,15,16). The Kier molecular flexibility index (Phi) is 2.28. The predicted molar refractivity (Wildman–Crippen MR) is 61.1 cm³/mol. The minimum Gasteiger partial charge on any atom is -0.481 e. The van der Waals surface area contributed by atoms with E-state index in [-0.39, 0.29) is 25.4 Å². The molecular formula is C12H9ClO5. The number of carboxylic acid groups (broad SMARTS) is 1. The smallest absolute Gasteiger partial charge is 0.315 e. The molecule has 1 aliphatic carbocycles. The lowest BCUT2D eigenvalue weighted by Crippen LogP contribution is -2.48. The van der Waals surface area contributed by atoms with Crippen LogP contribution < -0.4 is 9.47 Å². The zero-order chi connectivity index (χ0) is 12.9. The van der Waals surface area contributed by atoms with Crippen LogP contribution in [-0.2, 0) is 15.0 Å². The molecule has 94 valence electrons. The van der Waals surface area contributed by atoms with E-state index in [4.69, 9.17) is 21.1 Å². The van der Waals surface area contributed by atoms with E-state index in [1.165, 1.54) is 6.07 Å². The SMILES string of the molecule is O=C1CC(C(=O)O)(c2cc(Cl)c3c(c2)OCO3)C1. The molecule has 0 amide bonds. The van der Waals surface area contributed by atoms with Gasteiger partial charge in [-0.05, 0) is 17.7 Å². The highest BCUT2D eigenvalue weighted by molar-refractivity contribution is 6.32. The van der Waals surface area contributed by atoms with E-state index in [2.05, 4.69) is 0 Å². The fourth-order valence-corrected chi connectivity index (χ4v) is 2.61. The number of benzene rings is 1. The molecule has 0 saturated heterocycles. The summed E-state index contributed by atoms with van der Waals surface area (Å²) >= 11 is 6.02. The molecule has 1 aliphatic heterocycles. The molecule has 0 bridgehead atoms. The summed E-state index contributed by atoms with van der Waals surface area (Å²) in [7, 11) is 0. The number of ether oxygens (including phenoxy) is 2. The maximum Gasteiger partial charge on any atom is 0.315 e. The third-order valence-corrected chi connectivity index (χ3v) is 3.67. The summed E-state index contributed by atoms with van der Waals surface area (Å²) < 4.78 is 10.4. The Balaban J connectivity index is 2.09. The van der Waals surface area contributed by atoms with Gasteiger partial charge in [0.1, 0.15) is 11.2 Å². The first-order valence-corrected chi connectivity index (χ1v) is 5.75. The van der Waals surface area contributed by atoms with Gasteiger partial charge in [-0.1, -0.05) is 11.6 Å². The molecule has 0 atom stereocenters. The number of ketones is 1. The molecule has 1 N–H and O–H groups in total. The Morgan fingerprint density at radius 3 is 2.67 bits per heavy atom. The molecule has 6 heteroatoms. The average Bonchev–Trinajstić information content (AvgIpc) is 2.72. The van der Waals surface area contributed by atoms with E-state index in [1.54, 1.807) is 6.07 Å². The van der Waals surface area contributed by atoms with Crippen LogP contribution >= 0.6 is 11.6 Å². The van der Waals surface area contributed by atoms with Crippen molar-refractivity contribution in [1.29, 1.82) is 0 Å². The van der Waals surface area contributed by atoms with E-state index < -0.39 is 11.4 Å². The minimum absolute atomic E-state index is 0.00168. The van der Waals surface area contributed by atoms with Gasteiger partial charge >= 0.3 is 5.97 Å². The maximum absolute atomic E-state index is 11.4. The highest BCUT2D eigenvalue weighted by Crippen LogP contribution is 2.47. The van der Waals surface area contributed by atoms with Crippen molar-refractivity contribution in [1.82, 2.24) is 0 Å². The molecule has 0 aromatic heterocycles. The third kappa shape index (κ3) is 1.40. The number of hydrogen-bond donors (Lipinski definition) is 1. The highest BCUT2D eigenvalue weighted by atomic mass is 35.5. The lowest BCUT2D eigenvalue weighted by atomic mass is 9.63. The topological polar surface area (TPSA) is 72.8 Å². The van der Waals surface area contributed by atoms with Crippen LogP contribution in [0.4, 0.5) is 0 Å². The quantitative estimate of drug-likeness (QED) is 0.885. The van der Waals surface area contributed by atoms with Gasteiger partial charge in [-0.3, -0.25) is 9.59 Å². The van der Waals surface area contributed by atoms with E-state index in [1.807, 2.05) is 0 Å². The summed E-state index contributed by atoms with van der Waals surface area (Å²) in [5, 5.41) is 9.63. The predicted octanol–water partition coefficient (Wildman–Crippen LogP) is 1.75. The van der Waals surface area contributed by atoms with Gasteiger partial charge < -0.3 is 14.6 Å². The van der Waals surface area contributed by atoms with Crippen molar-refractivity contribution < 1.29 is 24.2 Å². The van der Waals surface area contributed by atoms with Gasteiger partial charge in [-0.25, -0.2) is 0 Å². The fourth-order valence-electron chi connectivity index (χ4n) is 2.34. The summed E-state index contributed by atoms with van der Waals surface area (Å²) in [6.45, 7) is 0.0670. The molecule has 1 aromatic carbocycles. The number of Topliss-reactive ketones (excluding diaryl/α,β-unsaturated/α-hetero) is 1. The van der Waals surface area contributed by atoms with Crippen molar-refractivity contribution in [3.05, 3.63) is 22.7 Å². The Hall–Kier alpha value is -1.75. The van der Waals surface area contributed by atoms with Crippen LogP contribution in [-0.4, -0.2) is 23.7 Å². The van der Waals surface area contributed by atoms with Gasteiger partial charge in [0.25, 0.3) is 0 Å². The first-order chi connectivity index (χ1) is 8.53. The number of carbonyl (C=O) groups is 2. The van der Waals surface area contributed by atoms with E-state index in [9.17, 15) is 14.7 Å². The minimum atomic E-state index is -1.16. The molecule has 0 unspecified atom stereocenters. The van der Waals surface area contributed by atoms with Crippen LogP contribution in [0.5, 0.6) is 11.5 Å². The van der Waals surface area contributed by atoms with Crippen molar-refractivity contribution in [2.45, 2.75) is 18.3 Å². The number of hydrogen-bond acceptors (Lipinski definition) is 4. The van der Waals surface area contributed by atoms with E-state index >= 15 is 0 Å². The number of fused-ring (bicyclic) bond motifs is 1. The molecule has 1 fully saturated rings. The number of carbonyl (C=O) groups excluding carboxylic acids is 1. The summed E-state index contributed by atoms with van der Waals surface area (Å²) in [4.78, 5) is 22.6. The van der Waals surface area contributed by atoms with Gasteiger partial charge in [0, 0.05) is 12.8 Å². The van der Waals surface area contributed by atoms with E-state index in [0.717, 1.165) is 0 Å². The fraction of sp³-hybridized carbons (Fsp3) is 0.333. The van der Waals surface area contributed by atoms with Crippen LogP contribution in [0.15, 0.2) is 12.1 Å². The van der Waals surface area contributed by atoms with Crippen molar-refractivity contribution in [3.63, 3.8) is 0 Å². The Bertz CT molecular complexity index is 558. The molecular weight excluding hydrogens is 260 g/mol. The van der Waals surface area contributed by atoms with Gasteiger partial charge in [0.2, 0.25) is 6.79 Å². The third-order valence-electron chi connectivity index (χ3n) is 3.39. The van der Waals surface area contributed by atoms with Crippen LogP contribution in [0.25, 0.3) is 0 Å². The average molecular weight is 269 g/mol. The molecule has 1 aromatic rings. The number of halogens is 1. The summed E-state index contributed by atoms with van der Waals surface area (Å²) in [6, 6.07) is 3.13. The molecule has 1 saturated carbocycles. The van der Waals surface area contributed by atoms with Gasteiger partial charge in [0.05, 0.1) is 5.02 Å². The van der Waals surface area contributed by atoms with Gasteiger partial charge in [0.15, 0.2) is 11.5 Å². The molecule has 3 rings (SSSR count). The number of carboxylic acids is 1. The summed E-state index contributed by atoms with van der Waals surface area (Å²) in [6.07, 6.45) is -0.00336. The normalized spacial score (nSPS) is 19.5. The summed E-state index contributed by atoms with van der Waals surface area (Å²) in [5.41, 5.74) is -0.675. The largest absolute Gasteiger partial charge is 0.481 e. The van der Waals surface area contributed by atoms with Crippen LogP contribution in [0.1, 0.15) is 18.4 Å². The first kappa shape index (κ1) is 11.3. The van der Waals surface area contributed by atoms with Crippen molar-refractivity contribution in [2.75, 3.05) is 6.79 Å². The Morgan fingerprint density at radius 2 is 2.06 bits per heavy atom. The second-order valence-corrected chi connectivity index (χ2v) is 4.88.